The van der Waals surface area contributed by atoms with Crippen molar-refractivity contribution in [3.63, 3.8) is 0 Å². The Balaban J connectivity index is 1.74. The third-order valence-corrected chi connectivity index (χ3v) is 4.51. The fraction of sp³-hybridized carbons (Fsp3) is 0.800. The Labute approximate surface area is 116 Å². The van der Waals surface area contributed by atoms with Crippen molar-refractivity contribution >= 4 is 5.95 Å². The van der Waals surface area contributed by atoms with E-state index in [-0.39, 0.29) is 0 Å². The van der Waals surface area contributed by atoms with E-state index in [1.165, 1.54) is 44.7 Å². The van der Waals surface area contributed by atoms with Gasteiger partial charge in [-0.15, -0.1) is 0 Å². The summed E-state index contributed by atoms with van der Waals surface area (Å²) in [5.74, 6) is 2.02. The number of hydrogen-bond donors (Lipinski definition) is 1. The Morgan fingerprint density at radius 1 is 1.42 bits per heavy atom. The predicted octanol–water partition coefficient (Wildman–Crippen LogP) is 2.18. The van der Waals surface area contributed by atoms with Crippen LogP contribution in [-0.4, -0.2) is 35.2 Å². The van der Waals surface area contributed by atoms with Crippen LogP contribution >= 0.6 is 0 Å². The maximum Gasteiger partial charge on any atom is 0.205 e. The summed E-state index contributed by atoms with van der Waals surface area (Å²) in [6.07, 6.45) is 7.40. The highest BCUT2D eigenvalue weighted by Gasteiger charge is 2.35. The van der Waals surface area contributed by atoms with Crippen LogP contribution in [0.2, 0.25) is 0 Å². The van der Waals surface area contributed by atoms with E-state index >= 15 is 0 Å². The van der Waals surface area contributed by atoms with Crippen molar-refractivity contribution in [1.29, 1.82) is 0 Å². The third kappa shape index (κ3) is 2.64. The van der Waals surface area contributed by atoms with Crippen LogP contribution in [-0.2, 0) is 6.54 Å². The van der Waals surface area contributed by atoms with E-state index in [0.717, 1.165) is 24.7 Å². The van der Waals surface area contributed by atoms with Gasteiger partial charge in [0.25, 0.3) is 0 Å². The minimum absolute atomic E-state index is 0.686. The number of nitrogens with zero attached hydrogens (tertiary/aromatic N) is 3. The molecule has 2 aliphatic rings. The van der Waals surface area contributed by atoms with Crippen LogP contribution in [0.5, 0.6) is 0 Å². The highest BCUT2D eigenvalue weighted by molar-refractivity contribution is 5.36. The highest BCUT2D eigenvalue weighted by atomic mass is 15.3. The molecule has 1 N–H and O–H groups in total. The molecular formula is C15H26N4. The monoisotopic (exact) mass is 262 g/mol. The number of aromatic nitrogens is 2. The van der Waals surface area contributed by atoms with E-state index in [1.54, 1.807) is 0 Å². The van der Waals surface area contributed by atoms with Crippen LogP contribution in [0.25, 0.3) is 0 Å². The number of piperidine rings is 1. The molecule has 2 saturated heterocycles. The van der Waals surface area contributed by atoms with Crippen molar-refractivity contribution in [1.82, 2.24) is 14.9 Å². The summed E-state index contributed by atoms with van der Waals surface area (Å²) in [6, 6.07) is 0.686. The Morgan fingerprint density at radius 3 is 3.11 bits per heavy atom. The summed E-state index contributed by atoms with van der Waals surface area (Å²) in [5.41, 5.74) is 1.15. The average Bonchev–Trinajstić information content (AvgIpc) is 2.99. The van der Waals surface area contributed by atoms with Crippen LogP contribution in [0.4, 0.5) is 5.95 Å². The summed E-state index contributed by atoms with van der Waals surface area (Å²) in [7, 11) is 0. The summed E-state index contributed by atoms with van der Waals surface area (Å²) in [4.78, 5) is 7.26. The number of rotatable bonds is 4. The van der Waals surface area contributed by atoms with Gasteiger partial charge in [0.2, 0.25) is 5.95 Å². The Hall–Kier alpha value is -1.03. The van der Waals surface area contributed by atoms with Crippen molar-refractivity contribution < 1.29 is 0 Å². The number of hydrogen-bond acceptors (Lipinski definition) is 3. The first-order chi connectivity index (χ1) is 9.28. The van der Waals surface area contributed by atoms with Gasteiger partial charge in [-0.05, 0) is 38.6 Å². The van der Waals surface area contributed by atoms with Gasteiger partial charge < -0.3 is 14.8 Å². The molecule has 2 atom stereocenters. The molecule has 0 saturated carbocycles. The fourth-order valence-electron chi connectivity index (χ4n) is 3.49. The minimum Gasteiger partial charge on any atom is -0.340 e. The predicted molar refractivity (Wildman–Crippen MR) is 78.6 cm³/mol. The standard InChI is InChI=1S/C15H26N4/c1-3-4-8-18-9-12(2)17-15(18)19-10-13-6-5-7-16-14(13)11-19/h9,13-14,16H,3-8,10-11H2,1-2H3. The molecule has 0 radical (unpaired) electrons. The summed E-state index contributed by atoms with van der Waals surface area (Å²) >= 11 is 0. The molecule has 0 bridgehead atoms. The summed E-state index contributed by atoms with van der Waals surface area (Å²) in [5, 5.41) is 3.67. The van der Waals surface area contributed by atoms with Crippen LogP contribution in [0.15, 0.2) is 6.20 Å². The van der Waals surface area contributed by atoms with Gasteiger partial charge in [-0.1, -0.05) is 13.3 Å². The summed E-state index contributed by atoms with van der Waals surface area (Å²) < 4.78 is 2.36. The van der Waals surface area contributed by atoms with E-state index in [9.17, 15) is 0 Å². The van der Waals surface area contributed by atoms with Gasteiger partial charge in [-0.2, -0.15) is 0 Å². The van der Waals surface area contributed by atoms with Gasteiger partial charge >= 0.3 is 0 Å². The molecule has 3 rings (SSSR count). The SMILES string of the molecule is CCCCn1cc(C)nc1N1CC2CCCNC2C1. The van der Waals surface area contributed by atoms with Gasteiger partial charge in [0.15, 0.2) is 0 Å². The largest absolute Gasteiger partial charge is 0.340 e. The first-order valence-electron chi connectivity index (χ1n) is 7.80. The molecule has 19 heavy (non-hydrogen) atoms. The van der Waals surface area contributed by atoms with Crippen LogP contribution in [0.1, 0.15) is 38.3 Å². The molecule has 0 amide bonds. The number of fused-ring (bicyclic) bond motifs is 1. The Morgan fingerprint density at radius 2 is 2.32 bits per heavy atom. The first-order valence-corrected chi connectivity index (χ1v) is 7.80. The molecule has 1 aromatic heterocycles. The Kier molecular flexibility index (Phi) is 3.78. The molecule has 1 aromatic rings. The molecule has 4 nitrogen and oxygen atoms in total. The second-order valence-electron chi connectivity index (χ2n) is 6.10. The lowest BCUT2D eigenvalue weighted by atomic mass is 9.94. The zero-order valence-electron chi connectivity index (χ0n) is 12.2. The van der Waals surface area contributed by atoms with E-state index in [2.05, 4.69) is 34.8 Å². The molecule has 0 aliphatic carbocycles. The second-order valence-corrected chi connectivity index (χ2v) is 6.10. The van der Waals surface area contributed by atoms with Crippen molar-refractivity contribution in [2.45, 2.75) is 52.1 Å². The number of unbranched alkanes of at least 4 members (excludes halogenated alkanes) is 1. The smallest absolute Gasteiger partial charge is 0.205 e. The zero-order chi connectivity index (χ0) is 13.2. The topological polar surface area (TPSA) is 33.1 Å². The molecule has 2 aliphatic heterocycles. The van der Waals surface area contributed by atoms with Gasteiger partial charge in [0.1, 0.15) is 0 Å². The quantitative estimate of drug-likeness (QED) is 0.903. The highest BCUT2D eigenvalue weighted by Crippen LogP contribution is 2.28. The van der Waals surface area contributed by atoms with Crippen LogP contribution < -0.4 is 10.2 Å². The molecule has 0 spiro atoms. The van der Waals surface area contributed by atoms with Crippen molar-refractivity contribution in [2.75, 3.05) is 24.5 Å². The number of nitrogens with one attached hydrogen (secondary N) is 1. The van der Waals surface area contributed by atoms with E-state index in [0.29, 0.717) is 6.04 Å². The van der Waals surface area contributed by atoms with Crippen LogP contribution in [0, 0.1) is 12.8 Å². The van der Waals surface area contributed by atoms with E-state index < -0.39 is 0 Å². The van der Waals surface area contributed by atoms with Gasteiger partial charge in [-0.25, -0.2) is 4.98 Å². The molecular weight excluding hydrogens is 236 g/mol. The summed E-state index contributed by atoms with van der Waals surface area (Å²) in [6.45, 7) is 8.96. The number of aryl methyl sites for hydroxylation is 2. The lowest BCUT2D eigenvalue weighted by Crippen LogP contribution is -2.40. The van der Waals surface area contributed by atoms with Gasteiger partial charge in [0, 0.05) is 31.9 Å². The molecule has 3 heterocycles. The van der Waals surface area contributed by atoms with Crippen molar-refractivity contribution in [2.24, 2.45) is 5.92 Å². The normalized spacial score (nSPS) is 26.7. The molecule has 4 heteroatoms. The van der Waals surface area contributed by atoms with Crippen molar-refractivity contribution in [3.8, 4) is 0 Å². The van der Waals surface area contributed by atoms with E-state index in [1.807, 2.05) is 0 Å². The lowest BCUT2D eigenvalue weighted by Gasteiger charge is -2.24. The van der Waals surface area contributed by atoms with Gasteiger partial charge in [-0.3, -0.25) is 0 Å². The molecule has 106 valence electrons. The number of anilines is 1. The zero-order valence-corrected chi connectivity index (χ0v) is 12.2. The fourth-order valence-corrected chi connectivity index (χ4v) is 3.49. The number of imidazole rings is 1. The first kappa shape index (κ1) is 13.0. The molecule has 2 unspecified atom stereocenters. The van der Waals surface area contributed by atoms with E-state index in [4.69, 9.17) is 4.98 Å². The van der Waals surface area contributed by atoms with Gasteiger partial charge in [0.05, 0.1) is 5.69 Å². The molecule has 0 aromatic carbocycles. The maximum atomic E-state index is 4.76. The lowest BCUT2D eigenvalue weighted by molar-refractivity contribution is 0.340. The van der Waals surface area contributed by atoms with Crippen molar-refractivity contribution in [3.05, 3.63) is 11.9 Å². The second kappa shape index (κ2) is 5.53. The van der Waals surface area contributed by atoms with Crippen LogP contribution in [0.3, 0.4) is 0 Å². The average molecular weight is 262 g/mol. The third-order valence-electron chi connectivity index (χ3n) is 4.51. The minimum atomic E-state index is 0.686. The molecule has 2 fully saturated rings. The maximum absolute atomic E-state index is 4.76. The Bertz CT molecular complexity index is 412.